The molecule has 0 nitrogen and oxygen atoms in total. The highest BCUT2D eigenvalue weighted by molar-refractivity contribution is 5.29. The molecule has 0 aromatic carbocycles. The lowest BCUT2D eigenvalue weighted by atomic mass is 9.83. The second-order valence-corrected chi connectivity index (χ2v) is 5.04. The Morgan fingerprint density at radius 2 is 2.15 bits per heavy atom. The van der Waals surface area contributed by atoms with E-state index in [-0.39, 0.29) is 0 Å². The van der Waals surface area contributed by atoms with Crippen LogP contribution in [0.15, 0.2) is 23.8 Å². The van der Waals surface area contributed by atoms with Crippen molar-refractivity contribution in [1.29, 1.82) is 0 Å². The monoisotopic (exact) mass is 176 g/mol. The second kappa shape index (κ2) is 3.32. The van der Waals surface area contributed by atoms with E-state index in [0.717, 1.165) is 5.92 Å². The molecule has 0 heterocycles. The van der Waals surface area contributed by atoms with Gasteiger partial charge in [0.05, 0.1) is 0 Å². The molecule has 1 fully saturated rings. The molecule has 0 amide bonds. The fraction of sp³-hybridized carbons (Fsp3) is 0.692. The second-order valence-electron chi connectivity index (χ2n) is 5.04. The summed E-state index contributed by atoms with van der Waals surface area (Å²) in [4.78, 5) is 0. The zero-order valence-corrected chi connectivity index (χ0v) is 8.84. The first-order valence-corrected chi connectivity index (χ1v) is 5.59. The van der Waals surface area contributed by atoms with Gasteiger partial charge in [-0.1, -0.05) is 37.6 Å². The van der Waals surface area contributed by atoms with E-state index in [1.165, 1.54) is 32.1 Å². The van der Waals surface area contributed by atoms with Crippen molar-refractivity contribution in [3.05, 3.63) is 23.8 Å². The molecule has 0 aliphatic heterocycles. The van der Waals surface area contributed by atoms with E-state index in [9.17, 15) is 0 Å². The Hall–Kier alpha value is -0.520. The Bertz CT molecular complexity index is 239. The topological polar surface area (TPSA) is 0 Å². The van der Waals surface area contributed by atoms with Crippen molar-refractivity contribution >= 4 is 0 Å². The van der Waals surface area contributed by atoms with Gasteiger partial charge in [-0.25, -0.2) is 0 Å². The molecular formula is C13H20. The minimum Gasteiger partial charge on any atom is -0.0842 e. The van der Waals surface area contributed by atoms with Gasteiger partial charge in [0.25, 0.3) is 0 Å². The minimum atomic E-state index is 0.652. The Balaban J connectivity index is 2.06. The van der Waals surface area contributed by atoms with Crippen LogP contribution in [-0.4, -0.2) is 0 Å². The van der Waals surface area contributed by atoms with E-state index in [4.69, 9.17) is 0 Å². The molecule has 0 saturated heterocycles. The molecule has 0 heteroatoms. The summed E-state index contributed by atoms with van der Waals surface area (Å²) in [5.41, 5.74) is 2.39. The van der Waals surface area contributed by atoms with E-state index in [2.05, 4.69) is 32.1 Å². The third-order valence-corrected chi connectivity index (χ3v) is 3.35. The van der Waals surface area contributed by atoms with Gasteiger partial charge in [0.15, 0.2) is 0 Å². The van der Waals surface area contributed by atoms with Crippen molar-refractivity contribution in [1.82, 2.24) is 0 Å². The summed E-state index contributed by atoms with van der Waals surface area (Å²) in [5.74, 6) is 0.856. The van der Waals surface area contributed by atoms with Crippen molar-refractivity contribution < 1.29 is 0 Å². The first kappa shape index (κ1) is 9.05. The van der Waals surface area contributed by atoms with E-state index < -0.39 is 0 Å². The standard InChI is InChI=1S/C13H20/c1-11(2)10-13(8-9-13)12-6-4-3-5-7-12/h3-4,6,11H,5,7-10H2,1-2H3. The molecule has 0 aromatic heterocycles. The van der Waals surface area contributed by atoms with Gasteiger partial charge in [-0.05, 0) is 43.4 Å². The smallest absolute Gasteiger partial charge is 0.00818 e. The van der Waals surface area contributed by atoms with Crippen LogP contribution in [0.2, 0.25) is 0 Å². The molecule has 0 radical (unpaired) electrons. The summed E-state index contributed by atoms with van der Waals surface area (Å²) >= 11 is 0. The SMILES string of the molecule is CC(C)CC1(C2=CC=CCC2)CC1. The summed E-state index contributed by atoms with van der Waals surface area (Å²) < 4.78 is 0. The van der Waals surface area contributed by atoms with Crippen LogP contribution in [0.25, 0.3) is 0 Å². The highest BCUT2D eigenvalue weighted by Crippen LogP contribution is 2.57. The number of hydrogen-bond donors (Lipinski definition) is 0. The van der Waals surface area contributed by atoms with Crippen molar-refractivity contribution in [2.24, 2.45) is 11.3 Å². The third kappa shape index (κ3) is 1.87. The van der Waals surface area contributed by atoms with E-state index >= 15 is 0 Å². The van der Waals surface area contributed by atoms with Crippen LogP contribution in [0, 0.1) is 11.3 Å². The van der Waals surface area contributed by atoms with Crippen molar-refractivity contribution in [3.63, 3.8) is 0 Å². The average molecular weight is 176 g/mol. The molecule has 0 unspecified atom stereocenters. The first-order valence-electron chi connectivity index (χ1n) is 5.59. The lowest BCUT2D eigenvalue weighted by Crippen LogP contribution is -2.09. The Labute approximate surface area is 81.7 Å². The summed E-state index contributed by atoms with van der Waals surface area (Å²) in [6.07, 6.45) is 13.8. The molecule has 2 rings (SSSR count). The molecule has 0 aromatic rings. The lowest BCUT2D eigenvalue weighted by molar-refractivity contribution is 0.431. The predicted octanol–water partition coefficient (Wildman–Crippen LogP) is 4.09. The van der Waals surface area contributed by atoms with Crippen LogP contribution in [-0.2, 0) is 0 Å². The molecule has 0 spiro atoms. The molecule has 72 valence electrons. The molecule has 0 bridgehead atoms. The largest absolute Gasteiger partial charge is 0.0842 e. The number of rotatable bonds is 3. The summed E-state index contributed by atoms with van der Waals surface area (Å²) in [7, 11) is 0. The fourth-order valence-corrected chi connectivity index (χ4v) is 2.63. The van der Waals surface area contributed by atoms with E-state index in [1.807, 2.05) is 0 Å². The highest BCUT2D eigenvalue weighted by atomic mass is 14.5. The normalized spacial score (nSPS) is 24.7. The summed E-state index contributed by atoms with van der Waals surface area (Å²) in [6.45, 7) is 4.69. The zero-order chi connectivity index (χ0) is 9.31. The Morgan fingerprint density at radius 3 is 2.62 bits per heavy atom. The maximum absolute atomic E-state index is 2.37. The van der Waals surface area contributed by atoms with E-state index in [1.54, 1.807) is 5.57 Å². The van der Waals surface area contributed by atoms with Gasteiger partial charge in [-0.15, -0.1) is 0 Å². The molecule has 0 atom stereocenters. The fourth-order valence-electron chi connectivity index (χ4n) is 2.63. The maximum atomic E-state index is 2.37. The molecule has 0 N–H and O–H groups in total. The molecule has 1 saturated carbocycles. The average Bonchev–Trinajstić information content (AvgIpc) is 2.86. The van der Waals surface area contributed by atoms with Crippen LogP contribution < -0.4 is 0 Å². The zero-order valence-electron chi connectivity index (χ0n) is 8.84. The molecule has 13 heavy (non-hydrogen) atoms. The van der Waals surface area contributed by atoms with Crippen LogP contribution in [0.5, 0.6) is 0 Å². The molecule has 2 aliphatic rings. The van der Waals surface area contributed by atoms with Crippen LogP contribution in [0.3, 0.4) is 0 Å². The summed E-state index contributed by atoms with van der Waals surface area (Å²) in [5, 5.41) is 0. The quantitative estimate of drug-likeness (QED) is 0.607. The van der Waals surface area contributed by atoms with Gasteiger partial charge < -0.3 is 0 Å². The Morgan fingerprint density at radius 1 is 1.38 bits per heavy atom. The van der Waals surface area contributed by atoms with Crippen molar-refractivity contribution in [2.45, 2.75) is 46.0 Å². The van der Waals surface area contributed by atoms with Gasteiger partial charge in [-0.2, -0.15) is 0 Å². The van der Waals surface area contributed by atoms with Gasteiger partial charge >= 0.3 is 0 Å². The minimum absolute atomic E-state index is 0.652. The van der Waals surface area contributed by atoms with Gasteiger partial charge in [-0.3, -0.25) is 0 Å². The first-order chi connectivity index (χ1) is 6.23. The molecular weight excluding hydrogens is 156 g/mol. The van der Waals surface area contributed by atoms with Crippen LogP contribution >= 0.6 is 0 Å². The van der Waals surface area contributed by atoms with Crippen molar-refractivity contribution in [2.75, 3.05) is 0 Å². The van der Waals surface area contributed by atoms with Crippen LogP contribution in [0.1, 0.15) is 46.0 Å². The Kier molecular flexibility index (Phi) is 2.31. The van der Waals surface area contributed by atoms with Gasteiger partial charge in [0, 0.05) is 0 Å². The van der Waals surface area contributed by atoms with E-state index in [0.29, 0.717) is 5.41 Å². The van der Waals surface area contributed by atoms with Gasteiger partial charge in [0.1, 0.15) is 0 Å². The number of hydrogen-bond acceptors (Lipinski definition) is 0. The summed E-state index contributed by atoms with van der Waals surface area (Å²) in [6, 6.07) is 0. The van der Waals surface area contributed by atoms with Crippen LogP contribution in [0.4, 0.5) is 0 Å². The predicted molar refractivity (Wildman–Crippen MR) is 57.6 cm³/mol. The molecule has 2 aliphatic carbocycles. The highest BCUT2D eigenvalue weighted by Gasteiger charge is 2.45. The van der Waals surface area contributed by atoms with Crippen molar-refractivity contribution in [3.8, 4) is 0 Å². The third-order valence-electron chi connectivity index (χ3n) is 3.35. The maximum Gasteiger partial charge on any atom is -0.00818 e. The van der Waals surface area contributed by atoms with Gasteiger partial charge in [0.2, 0.25) is 0 Å². The number of allylic oxidation sites excluding steroid dienone is 4. The lowest BCUT2D eigenvalue weighted by Gasteiger charge is -2.22.